The summed E-state index contributed by atoms with van der Waals surface area (Å²) in [5.41, 5.74) is 0. The van der Waals surface area contributed by atoms with Crippen LogP contribution < -0.4 is 0 Å². The number of rotatable bonds is 6. The summed E-state index contributed by atoms with van der Waals surface area (Å²) >= 11 is 3.15. The van der Waals surface area contributed by atoms with Gasteiger partial charge in [-0.1, -0.05) is 15.9 Å². The minimum absolute atomic E-state index is 0.403. The van der Waals surface area contributed by atoms with E-state index in [1.807, 2.05) is 13.8 Å². The number of hydrogen-bond acceptors (Lipinski definition) is 3. The smallest absolute Gasteiger partial charge is 0.233 e. The normalized spacial score (nSPS) is 11.4. The molecule has 0 aliphatic carbocycles. The molecule has 0 aliphatic rings. The van der Waals surface area contributed by atoms with Crippen LogP contribution in [0, 0.1) is 5.21 Å². The highest BCUT2D eigenvalue weighted by Gasteiger charge is 2.05. The molecule has 0 spiro atoms. The van der Waals surface area contributed by atoms with Gasteiger partial charge in [-0.2, -0.15) is 0 Å². The van der Waals surface area contributed by atoms with Crippen molar-refractivity contribution < 1.29 is 9.81 Å². The van der Waals surface area contributed by atoms with Gasteiger partial charge in [-0.3, -0.25) is 0 Å². The van der Waals surface area contributed by atoms with Crippen LogP contribution in [0.3, 0.4) is 0 Å². The zero-order chi connectivity index (χ0) is 9.40. The van der Waals surface area contributed by atoms with E-state index in [2.05, 4.69) is 26.0 Å². The van der Waals surface area contributed by atoms with E-state index >= 15 is 0 Å². The number of nitrogens with zero attached hydrogens (tertiary/aromatic N) is 3. The SMILES string of the molecule is CCN(CC)[N+]([O-])=NOCCBr. The highest BCUT2D eigenvalue weighted by atomic mass is 79.9. The fraction of sp³-hybridized carbons (Fsp3) is 1.00. The first-order chi connectivity index (χ1) is 5.76. The Kier molecular flexibility index (Phi) is 6.84. The molecule has 0 amide bonds. The number of alkyl halides is 1. The Balaban J connectivity index is 3.79. The molecule has 0 aromatic heterocycles. The van der Waals surface area contributed by atoms with Crippen LogP contribution >= 0.6 is 15.9 Å². The fourth-order valence-electron chi connectivity index (χ4n) is 0.642. The van der Waals surface area contributed by atoms with Crippen molar-refractivity contribution in [3.8, 4) is 0 Å². The number of halogens is 1. The van der Waals surface area contributed by atoms with E-state index in [-0.39, 0.29) is 0 Å². The maximum Gasteiger partial charge on any atom is 0.233 e. The summed E-state index contributed by atoms with van der Waals surface area (Å²) in [5, 5.41) is 16.5. The predicted molar refractivity (Wildman–Crippen MR) is 48.7 cm³/mol. The van der Waals surface area contributed by atoms with Crippen molar-refractivity contribution in [2.75, 3.05) is 25.0 Å². The summed E-state index contributed by atoms with van der Waals surface area (Å²) in [6, 6.07) is 0. The summed E-state index contributed by atoms with van der Waals surface area (Å²) in [6.07, 6.45) is 0. The third-order valence-electron chi connectivity index (χ3n) is 1.27. The molecule has 6 heteroatoms. The average Bonchev–Trinajstić information content (AvgIpc) is 2.07. The van der Waals surface area contributed by atoms with Crippen molar-refractivity contribution in [1.82, 2.24) is 5.01 Å². The Morgan fingerprint density at radius 1 is 1.50 bits per heavy atom. The molecule has 0 heterocycles. The van der Waals surface area contributed by atoms with Crippen molar-refractivity contribution in [2.24, 2.45) is 5.28 Å². The Morgan fingerprint density at radius 2 is 2.08 bits per heavy atom. The minimum Gasteiger partial charge on any atom is -0.569 e. The third kappa shape index (κ3) is 4.38. The molecule has 0 aliphatic heterocycles. The minimum atomic E-state index is 0.403. The van der Waals surface area contributed by atoms with Crippen molar-refractivity contribution in [3.63, 3.8) is 0 Å². The van der Waals surface area contributed by atoms with Crippen LogP contribution in [0.1, 0.15) is 13.8 Å². The topological polar surface area (TPSA) is 50.9 Å². The summed E-state index contributed by atoms with van der Waals surface area (Å²) in [6.45, 7) is 5.42. The van der Waals surface area contributed by atoms with Crippen molar-refractivity contribution >= 4 is 15.9 Å². The zero-order valence-corrected chi connectivity index (χ0v) is 8.95. The maximum absolute atomic E-state index is 11.0. The van der Waals surface area contributed by atoms with Crippen molar-refractivity contribution in [1.29, 1.82) is 0 Å². The molecule has 0 saturated heterocycles. The highest BCUT2D eigenvalue weighted by Crippen LogP contribution is 1.90. The van der Waals surface area contributed by atoms with Crippen LogP contribution in [0.2, 0.25) is 0 Å². The van der Waals surface area contributed by atoms with Gasteiger partial charge in [0.1, 0.15) is 6.61 Å². The lowest BCUT2D eigenvalue weighted by molar-refractivity contribution is -0.709. The van der Waals surface area contributed by atoms with Gasteiger partial charge < -0.3 is 10.0 Å². The fourth-order valence-corrected chi connectivity index (χ4v) is 0.787. The van der Waals surface area contributed by atoms with Gasteiger partial charge in [0, 0.05) is 5.33 Å². The molecule has 0 aromatic rings. The van der Waals surface area contributed by atoms with E-state index in [1.54, 1.807) is 0 Å². The molecule has 5 nitrogen and oxygen atoms in total. The second-order valence-corrected chi connectivity index (χ2v) is 2.79. The van der Waals surface area contributed by atoms with E-state index in [0.29, 0.717) is 30.0 Å². The summed E-state index contributed by atoms with van der Waals surface area (Å²) in [5.74, 6) is 0. The molecule has 0 saturated carbocycles. The van der Waals surface area contributed by atoms with E-state index in [0.717, 1.165) is 0 Å². The molecule has 0 N–H and O–H groups in total. The Labute approximate surface area is 80.6 Å². The van der Waals surface area contributed by atoms with Crippen LogP contribution in [-0.4, -0.2) is 35.0 Å². The van der Waals surface area contributed by atoms with Gasteiger partial charge in [0.15, 0.2) is 0 Å². The van der Waals surface area contributed by atoms with E-state index in [9.17, 15) is 5.21 Å². The molecule has 0 rings (SSSR count). The first-order valence-corrected chi connectivity index (χ1v) is 4.99. The van der Waals surface area contributed by atoms with E-state index in [4.69, 9.17) is 0 Å². The Hall–Kier alpha value is -0.520. The van der Waals surface area contributed by atoms with E-state index in [1.165, 1.54) is 5.01 Å². The quantitative estimate of drug-likeness (QED) is 0.232. The van der Waals surface area contributed by atoms with Crippen molar-refractivity contribution in [3.05, 3.63) is 5.21 Å². The molecular formula is C6H14BrN3O2. The van der Waals surface area contributed by atoms with Gasteiger partial charge in [-0.25, -0.2) is 0 Å². The van der Waals surface area contributed by atoms with Crippen LogP contribution in [0.5, 0.6) is 0 Å². The molecule has 0 bridgehead atoms. The first-order valence-electron chi connectivity index (χ1n) is 3.87. The first kappa shape index (κ1) is 11.5. The highest BCUT2D eigenvalue weighted by molar-refractivity contribution is 9.09. The molecule has 0 atom stereocenters. The summed E-state index contributed by atoms with van der Waals surface area (Å²) in [7, 11) is 0. The van der Waals surface area contributed by atoms with E-state index < -0.39 is 0 Å². The van der Waals surface area contributed by atoms with Gasteiger partial charge in [-0.05, 0) is 13.8 Å². The van der Waals surface area contributed by atoms with Crippen molar-refractivity contribution in [2.45, 2.75) is 13.8 Å². The van der Waals surface area contributed by atoms with Crippen LogP contribution in [0.15, 0.2) is 5.28 Å². The molecule has 0 fully saturated rings. The Bertz CT molecular complexity index is 139. The Morgan fingerprint density at radius 3 is 2.50 bits per heavy atom. The largest absolute Gasteiger partial charge is 0.569 e. The standard InChI is InChI=1S/C6H14BrN3O2/c1-3-9(4-2)10(11)8-12-6-5-7/h3-6H2,1-2H3. The zero-order valence-electron chi connectivity index (χ0n) is 7.36. The van der Waals surface area contributed by atoms with Gasteiger partial charge in [0.25, 0.3) is 0 Å². The second-order valence-electron chi connectivity index (χ2n) is 2.00. The predicted octanol–water partition coefficient (Wildman–Crippen LogP) is 1.53. The third-order valence-corrected chi connectivity index (χ3v) is 1.59. The number of hydrogen-bond donors (Lipinski definition) is 0. The molecule has 0 unspecified atom stereocenters. The van der Waals surface area contributed by atoms with Gasteiger partial charge in [0.2, 0.25) is 5.28 Å². The lowest BCUT2D eigenvalue weighted by atomic mass is 10.6. The monoisotopic (exact) mass is 239 g/mol. The molecular weight excluding hydrogens is 226 g/mol. The average molecular weight is 240 g/mol. The summed E-state index contributed by atoms with van der Waals surface area (Å²) in [4.78, 5) is 5.15. The second kappa shape index (κ2) is 7.15. The van der Waals surface area contributed by atoms with Gasteiger partial charge >= 0.3 is 0 Å². The maximum atomic E-state index is 11.0. The number of hydrazine groups is 1. The lowest BCUT2D eigenvalue weighted by Crippen LogP contribution is -2.30. The van der Waals surface area contributed by atoms with Gasteiger partial charge in [0.05, 0.1) is 18.1 Å². The van der Waals surface area contributed by atoms with Crippen LogP contribution in [0.25, 0.3) is 0 Å². The summed E-state index contributed by atoms with van der Waals surface area (Å²) < 4.78 is 0. The molecule has 12 heavy (non-hydrogen) atoms. The molecule has 0 radical (unpaired) electrons. The lowest BCUT2D eigenvalue weighted by Gasteiger charge is -2.12. The molecule has 72 valence electrons. The molecule has 0 aromatic carbocycles. The van der Waals surface area contributed by atoms with Gasteiger partial charge in [-0.15, -0.1) is 5.01 Å². The van der Waals surface area contributed by atoms with Crippen LogP contribution in [-0.2, 0) is 4.84 Å². The van der Waals surface area contributed by atoms with Crippen LogP contribution in [0.4, 0.5) is 0 Å².